The maximum absolute atomic E-state index is 10.2. The zero-order valence-corrected chi connectivity index (χ0v) is 9.03. The van der Waals surface area contributed by atoms with Crippen molar-refractivity contribution in [3.8, 4) is 0 Å². The largest absolute Gasteiger partial charge is 0.388 e. The summed E-state index contributed by atoms with van der Waals surface area (Å²) in [4.78, 5) is 0. The van der Waals surface area contributed by atoms with E-state index in [0.717, 1.165) is 0 Å². The summed E-state index contributed by atoms with van der Waals surface area (Å²) in [6.07, 6.45) is 1.40. The fourth-order valence-corrected chi connectivity index (χ4v) is 1.58. The monoisotopic (exact) mass is 203 g/mol. The molecule has 1 rings (SSSR count). The van der Waals surface area contributed by atoms with E-state index >= 15 is 0 Å². The van der Waals surface area contributed by atoms with Crippen molar-refractivity contribution < 1.29 is 14.6 Å². The Balaban J connectivity index is 2.32. The molecule has 0 amide bonds. The summed E-state index contributed by atoms with van der Waals surface area (Å²) in [5.74, 6) is 0. The molecule has 1 saturated heterocycles. The summed E-state index contributed by atoms with van der Waals surface area (Å²) in [6.45, 7) is 5.55. The highest BCUT2D eigenvalue weighted by Crippen LogP contribution is 2.23. The Bertz CT molecular complexity index is 175. The van der Waals surface area contributed by atoms with Crippen LogP contribution in [0, 0.1) is 0 Å². The molecule has 0 bridgehead atoms. The van der Waals surface area contributed by atoms with E-state index in [1.165, 1.54) is 0 Å². The maximum atomic E-state index is 10.2. The van der Waals surface area contributed by atoms with Crippen LogP contribution in [0.4, 0.5) is 0 Å². The van der Waals surface area contributed by atoms with E-state index in [1.54, 1.807) is 0 Å². The molecule has 0 aromatic carbocycles. The van der Waals surface area contributed by atoms with Crippen molar-refractivity contribution in [3.63, 3.8) is 0 Å². The van der Waals surface area contributed by atoms with Gasteiger partial charge in [-0.15, -0.1) is 0 Å². The molecule has 0 spiro atoms. The molecule has 1 heterocycles. The van der Waals surface area contributed by atoms with Gasteiger partial charge in [0.1, 0.15) is 0 Å². The first-order chi connectivity index (χ1) is 6.54. The molecule has 0 aromatic heterocycles. The van der Waals surface area contributed by atoms with Gasteiger partial charge in [0.2, 0.25) is 0 Å². The lowest BCUT2D eigenvalue weighted by molar-refractivity contribution is -0.0976. The van der Waals surface area contributed by atoms with Crippen LogP contribution in [0.1, 0.15) is 26.7 Å². The first-order valence-electron chi connectivity index (χ1n) is 5.22. The van der Waals surface area contributed by atoms with Gasteiger partial charge < -0.3 is 20.3 Å². The van der Waals surface area contributed by atoms with Gasteiger partial charge in [-0.1, -0.05) is 0 Å². The second-order valence-corrected chi connectivity index (χ2v) is 4.20. The third-order valence-electron chi connectivity index (χ3n) is 2.65. The molecule has 0 radical (unpaired) electrons. The summed E-state index contributed by atoms with van der Waals surface area (Å²) in [6, 6.07) is -0.285. The molecule has 0 saturated carbocycles. The fourth-order valence-electron chi connectivity index (χ4n) is 1.58. The predicted octanol–water partition coefficient (Wildman–Crippen LogP) is 0.280. The molecule has 1 aliphatic heterocycles. The summed E-state index contributed by atoms with van der Waals surface area (Å²) in [5, 5.41) is 10.2. The van der Waals surface area contributed by atoms with Gasteiger partial charge in [0, 0.05) is 26.1 Å². The highest BCUT2D eigenvalue weighted by molar-refractivity contribution is 4.91. The Hall–Kier alpha value is -0.160. The van der Waals surface area contributed by atoms with E-state index in [1.807, 2.05) is 13.8 Å². The lowest BCUT2D eigenvalue weighted by Crippen LogP contribution is -2.55. The molecule has 2 atom stereocenters. The van der Waals surface area contributed by atoms with Crippen molar-refractivity contribution in [1.29, 1.82) is 0 Å². The van der Waals surface area contributed by atoms with E-state index in [9.17, 15) is 5.11 Å². The van der Waals surface area contributed by atoms with Crippen molar-refractivity contribution in [2.24, 2.45) is 5.73 Å². The van der Waals surface area contributed by atoms with Crippen LogP contribution >= 0.6 is 0 Å². The van der Waals surface area contributed by atoms with Crippen LogP contribution in [0.2, 0.25) is 0 Å². The van der Waals surface area contributed by atoms with E-state index < -0.39 is 5.60 Å². The van der Waals surface area contributed by atoms with Gasteiger partial charge in [-0.25, -0.2) is 0 Å². The Kier molecular flexibility index (Phi) is 4.31. The average Bonchev–Trinajstić information content (AvgIpc) is 2.10. The Morgan fingerprint density at radius 2 is 2.36 bits per heavy atom. The predicted molar refractivity (Wildman–Crippen MR) is 54.1 cm³/mol. The molecule has 14 heavy (non-hydrogen) atoms. The van der Waals surface area contributed by atoms with Crippen LogP contribution in [0.5, 0.6) is 0 Å². The molecule has 1 aliphatic rings. The minimum atomic E-state index is -0.798. The second-order valence-electron chi connectivity index (χ2n) is 4.20. The van der Waals surface area contributed by atoms with Gasteiger partial charge in [0.15, 0.2) is 0 Å². The zero-order valence-electron chi connectivity index (χ0n) is 9.03. The van der Waals surface area contributed by atoms with Gasteiger partial charge >= 0.3 is 0 Å². The summed E-state index contributed by atoms with van der Waals surface area (Å²) >= 11 is 0. The van der Waals surface area contributed by atoms with E-state index in [2.05, 4.69) is 0 Å². The first kappa shape index (κ1) is 11.9. The summed E-state index contributed by atoms with van der Waals surface area (Å²) in [5.41, 5.74) is 5.00. The fraction of sp³-hybridized carbons (Fsp3) is 1.00. The Morgan fingerprint density at radius 1 is 1.64 bits per heavy atom. The van der Waals surface area contributed by atoms with Crippen molar-refractivity contribution in [1.82, 2.24) is 0 Å². The summed E-state index contributed by atoms with van der Waals surface area (Å²) < 4.78 is 10.6. The molecular weight excluding hydrogens is 182 g/mol. The molecule has 3 N–H and O–H groups in total. The second kappa shape index (κ2) is 5.07. The van der Waals surface area contributed by atoms with Gasteiger partial charge in [-0.2, -0.15) is 0 Å². The number of hydrogen-bond donors (Lipinski definition) is 2. The third-order valence-corrected chi connectivity index (χ3v) is 2.65. The molecule has 1 fully saturated rings. The van der Waals surface area contributed by atoms with Crippen molar-refractivity contribution in [3.05, 3.63) is 0 Å². The van der Waals surface area contributed by atoms with Crippen molar-refractivity contribution >= 4 is 0 Å². The third kappa shape index (κ3) is 3.20. The van der Waals surface area contributed by atoms with E-state index in [-0.39, 0.29) is 12.1 Å². The Labute approximate surface area is 85.4 Å². The van der Waals surface area contributed by atoms with Gasteiger partial charge in [-0.3, -0.25) is 0 Å². The normalized spacial score (nSPS) is 33.6. The van der Waals surface area contributed by atoms with Gasteiger partial charge in [-0.05, 0) is 13.8 Å². The Morgan fingerprint density at radius 3 is 2.93 bits per heavy atom. The van der Waals surface area contributed by atoms with Gasteiger partial charge in [0.05, 0.1) is 24.4 Å². The highest BCUT2D eigenvalue weighted by atomic mass is 16.5. The van der Waals surface area contributed by atoms with E-state index in [4.69, 9.17) is 15.2 Å². The average molecular weight is 203 g/mol. The molecule has 2 unspecified atom stereocenters. The molecule has 0 aliphatic carbocycles. The van der Waals surface area contributed by atoms with Crippen LogP contribution in [0.15, 0.2) is 0 Å². The van der Waals surface area contributed by atoms with Crippen LogP contribution in [0.25, 0.3) is 0 Å². The highest BCUT2D eigenvalue weighted by Gasteiger charge is 2.36. The molecule has 84 valence electrons. The number of hydrogen-bond acceptors (Lipinski definition) is 4. The number of aliphatic hydroxyl groups is 1. The molecular formula is C10H21NO3. The van der Waals surface area contributed by atoms with E-state index in [0.29, 0.717) is 32.7 Å². The van der Waals surface area contributed by atoms with Gasteiger partial charge in [0.25, 0.3) is 0 Å². The smallest absolute Gasteiger partial charge is 0.0864 e. The van der Waals surface area contributed by atoms with Crippen LogP contribution in [-0.2, 0) is 9.47 Å². The first-order valence-corrected chi connectivity index (χ1v) is 5.22. The van der Waals surface area contributed by atoms with Crippen LogP contribution < -0.4 is 5.73 Å². The topological polar surface area (TPSA) is 64.7 Å². The number of rotatable bonds is 4. The SMILES string of the molecule is CC(C)OCCC1(O)CCOCC1N. The standard InChI is InChI=1S/C10H21NO3/c1-8(2)14-6-4-10(12)3-5-13-7-9(10)11/h8-9,12H,3-7,11H2,1-2H3. The lowest BCUT2D eigenvalue weighted by atomic mass is 9.87. The number of nitrogens with two attached hydrogens (primary N) is 1. The van der Waals surface area contributed by atoms with Crippen molar-refractivity contribution in [2.45, 2.75) is 44.4 Å². The quantitative estimate of drug-likeness (QED) is 0.689. The summed E-state index contributed by atoms with van der Waals surface area (Å²) in [7, 11) is 0. The van der Waals surface area contributed by atoms with Crippen molar-refractivity contribution in [2.75, 3.05) is 19.8 Å². The lowest BCUT2D eigenvalue weighted by Gasteiger charge is -2.37. The van der Waals surface area contributed by atoms with Crippen LogP contribution in [-0.4, -0.2) is 42.7 Å². The minimum absolute atomic E-state index is 0.203. The molecule has 4 heteroatoms. The molecule has 4 nitrogen and oxygen atoms in total. The number of ether oxygens (including phenoxy) is 2. The molecule has 0 aromatic rings. The maximum Gasteiger partial charge on any atom is 0.0864 e. The zero-order chi connectivity index (χ0) is 10.6. The minimum Gasteiger partial charge on any atom is -0.388 e. The van der Waals surface area contributed by atoms with Crippen LogP contribution in [0.3, 0.4) is 0 Å².